The highest BCUT2D eigenvalue weighted by Crippen LogP contribution is 2.31. The Hall–Kier alpha value is -0.810. The van der Waals surface area contributed by atoms with Gasteiger partial charge in [0.1, 0.15) is 0 Å². The average molecular weight is 212 g/mol. The minimum absolute atomic E-state index is 0.105. The van der Waals surface area contributed by atoms with Gasteiger partial charge in [0.2, 0.25) is 0 Å². The maximum Gasteiger partial charge on any atom is 0.420 e. The van der Waals surface area contributed by atoms with Crippen molar-refractivity contribution in [3.63, 3.8) is 0 Å². The number of aliphatic hydroxyl groups is 1. The van der Waals surface area contributed by atoms with Crippen molar-refractivity contribution >= 4 is 11.6 Å². The molecule has 0 saturated heterocycles. The molecule has 1 N–H and O–H groups in total. The van der Waals surface area contributed by atoms with Crippen LogP contribution in [-0.4, -0.2) is 16.3 Å². The molecule has 1 rings (SSSR count). The molecule has 0 saturated carbocycles. The zero-order valence-electron chi connectivity index (χ0n) is 6.22. The first-order chi connectivity index (χ1) is 5.91. The van der Waals surface area contributed by atoms with E-state index in [1.807, 2.05) is 0 Å². The first-order valence-corrected chi connectivity index (χ1v) is 3.65. The van der Waals surface area contributed by atoms with Crippen molar-refractivity contribution in [3.8, 4) is 0 Å². The van der Waals surface area contributed by atoms with Crippen LogP contribution in [0.2, 0.25) is 5.02 Å². The molecular weight excluding hydrogens is 207 g/mol. The van der Waals surface area contributed by atoms with E-state index in [0.717, 1.165) is 12.3 Å². The second-order valence-corrected chi connectivity index (χ2v) is 2.78. The van der Waals surface area contributed by atoms with Crippen LogP contribution in [0.4, 0.5) is 13.2 Å². The number of nitrogens with zero attached hydrogens (tertiary/aromatic N) is 1. The number of halogens is 4. The van der Waals surface area contributed by atoms with Gasteiger partial charge in [0.05, 0.1) is 5.69 Å². The summed E-state index contributed by atoms with van der Waals surface area (Å²) < 4.78 is 35.8. The Morgan fingerprint density at radius 3 is 2.54 bits per heavy atom. The molecule has 2 nitrogen and oxygen atoms in total. The highest BCUT2D eigenvalue weighted by molar-refractivity contribution is 6.30. The highest BCUT2D eigenvalue weighted by Gasteiger charge is 2.40. The van der Waals surface area contributed by atoms with Crippen molar-refractivity contribution in [3.05, 3.63) is 29.0 Å². The van der Waals surface area contributed by atoms with Crippen molar-refractivity contribution in [1.29, 1.82) is 0 Å². The third-order valence-corrected chi connectivity index (χ3v) is 1.57. The molecule has 0 radical (unpaired) electrons. The summed E-state index contributed by atoms with van der Waals surface area (Å²) in [7, 11) is 0. The number of aliphatic hydroxyl groups excluding tert-OH is 1. The molecule has 1 aromatic heterocycles. The molecular formula is C7H5ClF3NO. The largest absolute Gasteiger partial charge is 0.420 e. The number of rotatable bonds is 1. The monoisotopic (exact) mass is 211 g/mol. The standard InChI is InChI=1S/C7H5ClF3NO/c8-4-1-2-12-5(3-4)6(13)7(9,10)11/h1-3,6,13H/t6-/m0/s1. The summed E-state index contributed by atoms with van der Waals surface area (Å²) in [5.74, 6) is 0. The molecule has 1 heterocycles. The Bertz CT molecular complexity index is 302. The van der Waals surface area contributed by atoms with Crippen molar-refractivity contribution in [2.75, 3.05) is 0 Å². The van der Waals surface area contributed by atoms with Crippen LogP contribution in [0, 0.1) is 0 Å². The Kier molecular flexibility index (Phi) is 2.77. The maximum atomic E-state index is 11.9. The fourth-order valence-electron chi connectivity index (χ4n) is 0.738. The van der Waals surface area contributed by atoms with E-state index in [4.69, 9.17) is 16.7 Å². The third kappa shape index (κ3) is 2.57. The summed E-state index contributed by atoms with van der Waals surface area (Å²) in [5.41, 5.74) is -0.500. The lowest BCUT2D eigenvalue weighted by atomic mass is 10.2. The molecule has 0 unspecified atom stereocenters. The Morgan fingerprint density at radius 2 is 2.08 bits per heavy atom. The van der Waals surface area contributed by atoms with E-state index in [2.05, 4.69) is 4.98 Å². The van der Waals surface area contributed by atoms with E-state index in [9.17, 15) is 13.2 Å². The van der Waals surface area contributed by atoms with Gasteiger partial charge in [0.15, 0.2) is 6.10 Å². The molecule has 1 atom stereocenters. The molecule has 0 bridgehead atoms. The molecule has 6 heteroatoms. The van der Waals surface area contributed by atoms with Crippen molar-refractivity contribution in [2.24, 2.45) is 0 Å². The van der Waals surface area contributed by atoms with Crippen LogP contribution >= 0.6 is 11.6 Å². The fraction of sp³-hybridized carbons (Fsp3) is 0.286. The smallest absolute Gasteiger partial charge is 0.378 e. The minimum Gasteiger partial charge on any atom is -0.378 e. The van der Waals surface area contributed by atoms with Crippen molar-refractivity contribution < 1.29 is 18.3 Å². The van der Waals surface area contributed by atoms with Crippen molar-refractivity contribution in [2.45, 2.75) is 12.3 Å². The molecule has 0 aliphatic rings. The third-order valence-electron chi connectivity index (χ3n) is 1.33. The predicted octanol–water partition coefficient (Wildman–Crippen LogP) is 2.33. The molecule has 0 aliphatic carbocycles. The second-order valence-electron chi connectivity index (χ2n) is 2.34. The van der Waals surface area contributed by atoms with Gasteiger partial charge in [-0.25, -0.2) is 0 Å². The lowest BCUT2D eigenvalue weighted by Crippen LogP contribution is -2.21. The van der Waals surface area contributed by atoms with Crippen LogP contribution in [-0.2, 0) is 0 Å². The van der Waals surface area contributed by atoms with Crippen LogP contribution in [0.5, 0.6) is 0 Å². The van der Waals surface area contributed by atoms with Gasteiger partial charge in [-0.1, -0.05) is 11.6 Å². The first kappa shape index (κ1) is 10.3. The van der Waals surface area contributed by atoms with Gasteiger partial charge in [-0.3, -0.25) is 4.98 Å². The molecule has 1 aromatic rings. The lowest BCUT2D eigenvalue weighted by Gasteiger charge is -2.13. The van der Waals surface area contributed by atoms with E-state index in [-0.39, 0.29) is 5.02 Å². The van der Waals surface area contributed by atoms with Gasteiger partial charge in [-0.05, 0) is 12.1 Å². The quantitative estimate of drug-likeness (QED) is 0.774. The Morgan fingerprint density at radius 1 is 1.46 bits per heavy atom. The van der Waals surface area contributed by atoms with Crippen LogP contribution in [0.1, 0.15) is 11.8 Å². The summed E-state index contributed by atoms with van der Waals surface area (Å²) >= 11 is 5.42. The van der Waals surface area contributed by atoms with E-state index < -0.39 is 18.0 Å². The summed E-state index contributed by atoms with van der Waals surface area (Å²) in [6.45, 7) is 0. The fourth-order valence-corrected chi connectivity index (χ4v) is 0.907. The van der Waals surface area contributed by atoms with Crippen LogP contribution < -0.4 is 0 Å². The molecule has 72 valence electrons. The van der Waals surface area contributed by atoms with Crippen LogP contribution in [0.3, 0.4) is 0 Å². The zero-order chi connectivity index (χ0) is 10.1. The van der Waals surface area contributed by atoms with Gasteiger partial charge < -0.3 is 5.11 Å². The predicted molar refractivity (Wildman–Crippen MR) is 40.3 cm³/mol. The van der Waals surface area contributed by atoms with Gasteiger partial charge in [-0.2, -0.15) is 13.2 Å². The summed E-state index contributed by atoms with van der Waals surface area (Å²) in [6.07, 6.45) is -6.18. The number of hydrogen-bond acceptors (Lipinski definition) is 2. The van der Waals surface area contributed by atoms with E-state index >= 15 is 0 Å². The molecule has 0 aliphatic heterocycles. The normalized spacial score (nSPS) is 14.2. The molecule has 0 aromatic carbocycles. The Balaban J connectivity index is 2.96. The van der Waals surface area contributed by atoms with Crippen LogP contribution in [0.15, 0.2) is 18.3 Å². The topological polar surface area (TPSA) is 33.1 Å². The summed E-state index contributed by atoms with van der Waals surface area (Å²) in [5, 5.41) is 8.84. The number of aromatic nitrogens is 1. The van der Waals surface area contributed by atoms with Crippen molar-refractivity contribution in [1.82, 2.24) is 4.98 Å². The van der Waals surface area contributed by atoms with Gasteiger partial charge in [0, 0.05) is 11.2 Å². The number of hydrogen-bond donors (Lipinski definition) is 1. The molecule has 13 heavy (non-hydrogen) atoms. The van der Waals surface area contributed by atoms with E-state index in [1.54, 1.807) is 0 Å². The van der Waals surface area contributed by atoms with E-state index in [1.165, 1.54) is 6.07 Å². The number of alkyl halides is 3. The SMILES string of the molecule is O[C@@H](c1cc(Cl)ccn1)C(F)(F)F. The average Bonchev–Trinajstić information content (AvgIpc) is 2.01. The minimum atomic E-state index is -4.71. The van der Waals surface area contributed by atoms with Gasteiger partial charge in [-0.15, -0.1) is 0 Å². The number of pyridine rings is 1. The van der Waals surface area contributed by atoms with Gasteiger partial charge >= 0.3 is 6.18 Å². The highest BCUT2D eigenvalue weighted by atomic mass is 35.5. The van der Waals surface area contributed by atoms with Gasteiger partial charge in [0.25, 0.3) is 0 Å². The molecule has 0 amide bonds. The first-order valence-electron chi connectivity index (χ1n) is 3.27. The maximum absolute atomic E-state index is 11.9. The second kappa shape index (κ2) is 3.51. The lowest BCUT2D eigenvalue weighted by molar-refractivity contribution is -0.207. The Labute approximate surface area is 77.0 Å². The summed E-state index contributed by atoms with van der Waals surface area (Å²) in [4.78, 5) is 3.35. The molecule has 0 spiro atoms. The molecule has 0 fully saturated rings. The summed E-state index contributed by atoms with van der Waals surface area (Å²) in [6, 6.07) is 2.30. The van der Waals surface area contributed by atoms with Crippen LogP contribution in [0.25, 0.3) is 0 Å². The van der Waals surface area contributed by atoms with E-state index in [0.29, 0.717) is 0 Å². The zero-order valence-corrected chi connectivity index (χ0v) is 6.97.